The molecule has 1 N–H and O–H groups in total. The lowest BCUT2D eigenvalue weighted by atomic mass is 10.1. The molecule has 0 bridgehead atoms. The Hall–Kier alpha value is -1.97. The maximum atomic E-state index is 13.1. The first-order valence-electron chi connectivity index (χ1n) is 5.53. The van der Waals surface area contributed by atoms with E-state index in [-0.39, 0.29) is 11.9 Å². The molecule has 0 spiro atoms. The van der Waals surface area contributed by atoms with Crippen LogP contribution in [0.3, 0.4) is 0 Å². The highest BCUT2D eigenvalue weighted by atomic mass is 19.1. The van der Waals surface area contributed by atoms with Gasteiger partial charge in [0.15, 0.2) is 0 Å². The van der Waals surface area contributed by atoms with Crippen LogP contribution in [-0.4, -0.2) is 0 Å². The maximum Gasteiger partial charge on any atom is 0.126 e. The van der Waals surface area contributed by atoms with Crippen molar-refractivity contribution in [3.63, 3.8) is 0 Å². The van der Waals surface area contributed by atoms with E-state index in [1.807, 2.05) is 0 Å². The fourth-order valence-electron chi connectivity index (χ4n) is 1.70. The first-order chi connectivity index (χ1) is 8.54. The van der Waals surface area contributed by atoms with Gasteiger partial charge in [-0.1, -0.05) is 0 Å². The van der Waals surface area contributed by atoms with Crippen LogP contribution in [0.1, 0.15) is 18.5 Å². The Morgan fingerprint density at radius 2 is 1.39 bits per heavy atom. The molecule has 94 valence electrons. The number of hydrogen-bond donors (Lipinski definition) is 1. The lowest BCUT2D eigenvalue weighted by Crippen LogP contribution is -2.07. The molecule has 4 heteroatoms. The van der Waals surface area contributed by atoms with Gasteiger partial charge < -0.3 is 5.32 Å². The Bertz CT molecular complexity index is 517. The van der Waals surface area contributed by atoms with E-state index in [9.17, 15) is 13.2 Å². The zero-order valence-electron chi connectivity index (χ0n) is 9.75. The third-order valence-corrected chi connectivity index (χ3v) is 2.61. The van der Waals surface area contributed by atoms with Crippen LogP contribution >= 0.6 is 0 Å². The number of nitrogens with one attached hydrogen (secondary N) is 1. The molecule has 0 aliphatic heterocycles. The molecule has 2 aromatic rings. The summed E-state index contributed by atoms with van der Waals surface area (Å²) in [4.78, 5) is 0. The van der Waals surface area contributed by atoms with Crippen LogP contribution in [0, 0.1) is 17.5 Å². The van der Waals surface area contributed by atoms with Gasteiger partial charge in [0.1, 0.15) is 17.5 Å². The van der Waals surface area contributed by atoms with Gasteiger partial charge in [-0.2, -0.15) is 0 Å². The third kappa shape index (κ3) is 3.03. The standard InChI is InChI=1S/C14H12F3N/c1-9(10-6-12(16)8-13(17)7-10)18-14-4-2-11(15)3-5-14/h2-9,18H,1H3. The zero-order valence-corrected chi connectivity index (χ0v) is 9.75. The number of halogens is 3. The van der Waals surface area contributed by atoms with Crippen LogP contribution in [0.15, 0.2) is 42.5 Å². The van der Waals surface area contributed by atoms with Crippen molar-refractivity contribution < 1.29 is 13.2 Å². The van der Waals surface area contributed by atoms with Crippen molar-refractivity contribution in [2.75, 3.05) is 5.32 Å². The van der Waals surface area contributed by atoms with Gasteiger partial charge >= 0.3 is 0 Å². The van der Waals surface area contributed by atoms with Crippen molar-refractivity contribution in [1.29, 1.82) is 0 Å². The fraction of sp³-hybridized carbons (Fsp3) is 0.143. The molecule has 0 heterocycles. The van der Waals surface area contributed by atoms with Gasteiger partial charge in [-0.3, -0.25) is 0 Å². The lowest BCUT2D eigenvalue weighted by Gasteiger charge is -2.16. The van der Waals surface area contributed by atoms with E-state index in [0.29, 0.717) is 11.3 Å². The number of benzene rings is 2. The summed E-state index contributed by atoms with van der Waals surface area (Å²) in [5, 5.41) is 3.04. The SMILES string of the molecule is CC(Nc1ccc(F)cc1)c1cc(F)cc(F)c1. The van der Waals surface area contributed by atoms with Crippen molar-refractivity contribution in [3.05, 3.63) is 65.5 Å². The van der Waals surface area contributed by atoms with Gasteiger partial charge in [-0.15, -0.1) is 0 Å². The summed E-state index contributed by atoms with van der Waals surface area (Å²) in [6.07, 6.45) is 0. The minimum Gasteiger partial charge on any atom is -0.379 e. The van der Waals surface area contributed by atoms with E-state index in [4.69, 9.17) is 0 Å². The van der Waals surface area contributed by atoms with Gasteiger partial charge in [0, 0.05) is 17.8 Å². The van der Waals surface area contributed by atoms with Crippen LogP contribution in [0.25, 0.3) is 0 Å². The molecular weight excluding hydrogens is 239 g/mol. The van der Waals surface area contributed by atoms with E-state index in [2.05, 4.69) is 5.32 Å². The Morgan fingerprint density at radius 1 is 0.833 bits per heavy atom. The lowest BCUT2D eigenvalue weighted by molar-refractivity contribution is 0.577. The van der Waals surface area contributed by atoms with Crippen molar-refractivity contribution in [1.82, 2.24) is 0 Å². The van der Waals surface area contributed by atoms with Crippen molar-refractivity contribution in [2.45, 2.75) is 13.0 Å². The summed E-state index contributed by atoms with van der Waals surface area (Å²) in [5.41, 5.74) is 1.19. The van der Waals surface area contributed by atoms with Gasteiger partial charge in [0.05, 0.1) is 0 Å². The van der Waals surface area contributed by atoms with E-state index >= 15 is 0 Å². The maximum absolute atomic E-state index is 13.1. The molecule has 0 amide bonds. The van der Waals surface area contributed by atoms with Crippen LogP contribution in [-0.2, 0) is 0 Å². The predicted octanol–water partition coefficient (Wildman–Crippen LogP) is 4.28. The molecule has 0 saturated carbocycles. The molecule has 1 unspecified atom stereocenters. The van der Waals surface area contributed by atoms with Crippen LogP contribution in [0.2, 0.25) is 0 Å². The Labute approximate surface area is 103 Å². The summed E-state index contributed by atoms with van der Waals surface area (Å²) < 4.78 is 38.9. The molecule has 0 radical (unpaired) electrons. The summed E-state index contributed by atoms with van der Waals surface area (Å²) in [5.74, 6) is -1.56. The smallest absolute Gasteiger partial charge is 0.126 e. The first kappa shape index (κ1) is 12.5. The number of anilines is 1. The molecule has 1 nitrogen and oxygen atoms in total. The van der Waals surface area contributed by atoms with Gasteiger partial charge in [0.2, 0.25) is 0 Å². The van der Waals surface area contributed by atoms with Crippen LogP contribution in [0.5, 0.6) is 0 Å². The van der Waals surface area contributed by atoms with Crippen LogP contribution in [0.4, 0.5) is 18.9 Å². The second kappa shape index (κ2) is 5.12. The largest absolute Gasteiger partial charge is 0.379 e. The van der Waals surface area contributed by atoms with E-state index in [0.717, 1.165) is 6.07 Å². The average molecular weight is 251 g/mol. The van der Waals surface area contributed by atoms with Crippen molar-refractivity contribution >= 4 is 5.69 Å². The monoisotopic (exact) mass is 251 g/mol. The molecule has 0 aromatic heterocycles. The highest BCUT2D eigenvalue weighted by Crippen LogP contribution is 2.21. The summed E-state index contributed by atoms with van der Waals surface area (Å²) in [6.45, 7) is 1.78. The van der Waals surface area contributed by atoms with Gasteiger partial charge in [-0.25, -0.2) is 13.2 Å². The van der Waals surface area contributed by atoms with Gasteiger partial charge in [0.25, 0.3) is 0 Å². The summed E-state index contributed by atoms with van der Waals surface area (Å²) in [7, 11) is 0. The third-order valence-electron chi connectivity index (χ3n) is 2.61. The second-order valence-corrected chi connectivity index (χ2v) is 4.08. The molecule has 1 atom stereocenters. The number of hydrogen-bond acceptors (Lipinski definition) is 1. The van der Waals surface area contributed by atoms with E-state index in [1.165, 1.54) is 24.3 Å². The molecule has 0 saturated heterocycles. The quantitative estimate of drug-likeness (QED) is 0.858. The molecule has 18 heavy (non-hydrogen) atoms. The molecular formula is C14H12F3N. The Kier molecular flexibility index (Phi) is 3.55. The second-order valence-electron chi connectivity index (χ2n) is 4.08. The molecule has 0 fully saturated rings. The van der Waals surface area contributed by atoms with E-state index in [1.54, 1.807) is 19.1 Å². The highest BCUT2D eigenvalue weighted by molar-refractivity contribution is 5.45. The van der Waals surface area contributed by atoms with E-state index < -0.39 is 11.6 Å². The van der Waals surface area contributed by atoms with Gasteiger partial charge in [-0.05, 0) is 48.9 Å². The average Bonchev–Trinajstić information content (AvgIpc) is 2.31. The normalized spacial score (nSPS) is 12.2. The van der Waals surface area contributed by atoms with Crippen molar-refractivity contribution in [2.24, 2.45) is 0 Å². The molecule has 0 aliphatic rings. The fourth-order valence-corrected chi connectivity index (χ4v) is 1.70. The topological polar surface area (TPSA) is 12.0 Å². The predicted molar refractivity (Wildman–Crippen MR) is 64.8 cm³/mol. The zero-order chi connectivity index (χ0) is 13.1. The number of rotatable bonds is 3. The summed E-state index contributed by atoms with van der Waals surface area (Å²) in [6, 6.07) is 8.87. The van der Waals surface area contributed by atoms with Crippen LogP contribution < -0.4 is 5.32 Å². The summed E-state index contributed by atoms with van der Waals surface area (Å²) >= 11 is 0. The first-order valence-corrected chi connectivity index (χ1v) is 5.53. The Morgan fingerprint density at radius 3 is 1.94 bits per heavy atom. The minimum absolute atomic E-state index is 0.277. The highest BCUT2D eigenvalue weighted by Gasteiger charge is 2.08. The molecule has 2 aromatic carbocycles. The Balaban J connectivity index is 2.16. The minimum atomic E-state index is -0.613. The molecule has 2 rings (SSSR count). The molecule has 0 aliphatic carbocycles. The van der Waals surface area contributed by atoms with Crippen molar-refractivity contribution in [3.8, 4) is 0 Å².